The fourth-order valence-corrected chi connectivity index (χ4v) is 5.83. The van der Waals surface area contributed by atoms with Crippen molar-refractivity contribution in [2.45, 2.75) is 50.6 Å². The molecule has 20 nitrogen and oxygen atoms in total. The van der Waals surface area contributed by atoms with Gasteiger partial charge in [-0.1, -0.05) is 17.3 Å². The molecule has 8 N–H and O–H groups in total. The molecule has 278 valence electrons. The quantitative estimate of drug-likeness (QED) is 0.0182. The first kappa shape index (κ1) is 39.1. The van der Waals surface area contributed by atoms with E-state index >= 15 is 0 Å². The summed E-state index contributed by atoms with van der Waals surface area (Å²) in [5.41, 5.74) is 5.43. The number of benzene rings is 1. The number of aliphatic hydroxyl groups excluding tert-OH is 2. The van der Waals surface area contributed by atoms with Gasteiger partial charge in [0.15, 0.2) is 17.9 Å². The number of nitrogens with one attached hydrogen (secondary N) is 2. The number of aliphatic hydroxyl groups is 2. The van der Waals surface area contributed by atoms with Crippen molar-refractivity contribution in [1.82, 2.24) is 25.4 Å². The number of nitrogens with zero attached hydrogens (tertiary/aromatic N) is 5. The van der Waals surface area contributed by atoms with Crippen molar-refractivity contribution in [2.24, 2.45) is 12.2 Å². The number of hydrogen-bond acceptors (Lipinski definition) is 15. The number of aliphatic carboxylic acids is 1. The third-order valence-electron chi connectivity index (χ3n) is 7.59. The minimum atomic E-state index is -5.03. The number of carbonyl (C=O) groups is 3. The summed E-state index contributed by atoms with van der Waals surface area (Å²) in [5, 5.41) is 39.0. The number of carbonyl (C=O) groups excluding carboxylic acids is 2. The molecule has 0 spiro atoms. The van der Waals surface area contributed by atoms with Gasteiger partial charge in [0.05, 0.1) is 36.6 Å². The summed E-state index contributed by atoms with van der Waals surface area (Å²) in [5.74, 6) is -3.17. The summed E-state index contributed by atoms with van der Waals surface area (Å²) < 4.78 is 45.1. The molecule has 3 aromatic rings. The van der Waals surface area contributed by atoms with E-state index in [9.17, 15) is 33.0 Å². The lowest BCUT2D eigenvalue weighted by molar-refractivity contribution is -0.753. The minimum Gasteiger partial charge on any atom is -0.489 e. The van der Waals surface area contributed by atoms with Gasteiger partial charge in [-0.15, -0.1) is 20.3 Å². The van der Waals surface area contributed by atoms with E-state index in [2.05, 4.69) is 25.1 Å². The van der Waals surface area contributed by atoms with Gasteiger partial charge in [0, 0.05) is 11.9 Å². The second-order valence-electron chi connectivity index (χ2n) is 11.8. The van der Waals surface area contributed by atoms with Gasteiger partial charge in [0.2, 0.25) is 6.20 Å². The van der Waals surface area contributed by atoms with Gasteiger partial charge in [-0.05, 0) is 44.5 Å². The fraction of sp³-hybridized carbons (Fsp3) is 0.448. The Bertz CT molecular complexity index is 1840. The number of aryl methyl sites for hydroxylation is 2. The Morgan fingerprint density at radius 1 is 1.24 bits per heavy atom. The molecular formula is C29H39N8O12S2+. The number of anilines is 1. The molecule has 0 aliphatic carbocycles. The molecule has 1 aliphatic heterocycles. The zero-order chi connectivity index (χ0) is 37.5. The molecule has 3 heterocycles. The first-order valence-corrected chi connectivity index (χ1v) is 17.5. The second-order valence-corrected chi connectivity index (χ2v) is 13.7. The summed E-state index contributed by atoms with van der Waals surface area (Å²) in [6.07, 6.45) is 2.22. The molecule has 1 aromatic carbocycles. The van der Waals surface area contributed by atoms with Crippen LogP contribution in [0.3, 0.4) is 0 Å². The molecule has 1 aliphatic rings. The standard InChI is InChI=1S/C29H38N8O12S2/c1-29(2)24(26(41)37(29)49-51(44,45)46)33-25(40)23(21-16-50-28(30)32-21)34-48-22(27(42)43)15-47-20-7-5-17(6-8-20)18-12-35(3)36(13-18)10-4-9-31-11-19(39)14-38/h5-8,12-13,16,19,22,24,31,38-39H,4,9-11,14-15H2,1-3H3,(H4-,30,32,33,40,42,43,44,45,46)/p+1/b34-23+/t19-,22-,24+/m0/s1. The van der Waals surface area contributed by atoms with Gasteiger partial charge in [0.1, 0.15) is 24.1 Å². The van der Waals surface area contributed by atoms with Crippen molar-refractivity contribution in [1.29, 1.82) is 0 Å². The van der Waals surface area contributed by atoms with Crippen LogP contribution in [0.1, 0.15) is 26.0 Å². The molecule has 0 unspecified atom stereocenters. The maximum absolute atomic E-state index is 13.2. The summed E-state index contributed by atoms with van der Waals surface area (Å²) >= 11 is 0.952. The highest BCUT2D eigenvalue weighted by Gasteiger charge is 2.58. The number of hydroxylamine groups is 2. The maximum Gasteiger partial charge on any atom is 0.418 e. The number of rotatable bonds is 19. The van der Waals surface area contributed by atoms with Crippen LogP contribution in [0, 0.1) is 0 Å². The molecule has 4 rings (SSSR count). The molecule has 0 saturated carbocycles. The molecule has 22 heteroatoms. The normalized spacial score (nSPS) is 17.1. The smallest absolute Gasteiger partial charge is 0.418 e. The number of thiazole rings is 1. The van der Waals surface area contributed by atoms with E-state index in [4.69, 9.17) is 25.0 Å². The van der Waals surface area contributed by atoms with E-state index < -0.39 is 64.3 Å². The molecule has 2 amide bonds. The van der Waals surface area contributed by atoms with Crippen LogP contribution in [0.25, 0.3) is 11.1 Å². The summed E-state index contributed by atoms with van der Waals surface area (Å²) in [6.45, 7) is 3.58. The molecule has 0 radical (unpaired) electrons. The van der Waals surface area contributed by atoms with Gasteiger partial charge in [-0.3, -0.25) is 14.1 Å². The predicted octanol–water partition coefficient (Wildman–Crippen LogP) is -1.56. The Morgan fingerprint density at radius 3 is 2.53 bits per heavy atom. The first-order chi connectivity index (χ1) is 24.0. The molecule has 3 atom stereocenters. The number of carboxylic acid groups (broad SMARTS) is 1. The van der Waals surface area contributed by atoms with Gasteiger partial charge in [-0.2, -0.15) is 18.2 Å². The Kier molecular flexibility index (Phi) is 12.7. The zero-order valence-corrected chi connectivity index (χ0v) is 29.3. The third-order valence-corrected chi connectivity index (χ3v) is 8.60. The van der Waals surface area contributed by atoms with Crippen molar-refractivity contribution < 1.29 is 61.2 Å². The maximum atomic E-state index is 13.2. The Hall–Kier alpha value is -4.71. The molecule has 2 aromatic heterocycles. The van der Waals surface area contributed by atoms with Crippen LogP contribution in [-0.2, 0) is 47.5 Å². The van der Waals surface area contributed by atoms with Crippen LogP contribution in [0.2, 0.25) is 0 Å². The van der Waals surface area contributed by atoms with Gasteiger partial charge in [-0.25, -0.2) is 9.78 Å². The minimum absolute atomic E-state index is 0.0503. The highest BCUT2D eigenvalue weighted by atomic mass is 32.3. The van der Waals surface area contributed by atoms with Crippen LogP contribution in [-0.4, -0.2) is 117 Å². The Morgan fingerprint density at radius 2 is 1.94 bits per heavy atom. The molecule has 1 saturated heterocycles. The number of β-lactam (4-membered cyclic amide) rings is 1. The van der Waals surface area contributed by atoms with E-state index in [1.807, 2.05) is 28.8 Å². The van der Waals surface area contributed by atoms with Crippen molar-refractivity contribution in [2.75, 3.05) is 32.0 Å². The van der Waals surface area contributed by atoms with E-state index in [0.29, 0.717) is 30.4 Å². The van der Waals surface area contributed by atoms with Crippen molar-refractivity contribution in [3.05, 3.63) is 47.7 Å². The lowest BCUT2D eigenvalue weighted by atomic mass is 9.84. The highest BCUT2D eigenvalue weighted by molar-refractivity contribution is 7.80. The SMILES string of the molecule is C[n+]1cc(-c2ccc(OC[C@H](O/N=C(/C(=O)N[C@@H]3C(=O)N(OS(=O)(=O)O)C3(C)C)c3csc(N)n3)C(=O)O)cc2)cn1CCCNC[C@H](O)CO. The average Bonchev–Trinajstić information content (AvgIpc) is 3.67. The van der Waals surface area contributed by atoms with Crippen LogP contribution in [0.4, 0.5) is 5.13 Å². The van der Waals surface area contributed by atoms with Crippen molar-refractivity contribution >= 4 is 50.4 Å². The number of carboxylic acids is 1. The van der Waals surface area contributed by atoms with E-state index in [-0.39, 0.29) is 17.4 Å². The fourth-order valence-electron chi connectivity index (χ4n) is 4.83. The number of amides is 2. The second kappa shape index (κ2) is 16.5. The number of nitrogen functional groups attached to an aromatic ring is 1. The van der Waals surface area contributed by atoms with Crippen LogP contribution in [0.5, 0.6) is 5.75 Å². The van der Waals surface area contributed by atoms with E-state index in [1.54, 1.807) is 24.3 Å². The topological polar surface area (TPSA) is 281 Å². The Balaban J connectivity index is 1.38. The lowest BCUT2D eigenvalue weighted by Gasteiger charge is -2.50. The average molecular weight is 756 g/mol. The van der Waals surface area contributed by atoms with Crippen molar-refractivity contribution in [3.8, 4) is 16.9 Å². The Labute approximate surface area is 295 Å². The first-order valence-electron chi connectivity index (χ1n) is 15.3. The highest BCUT2D eigenvalue weighted by Crippen LogP contribution is 2.33. The number of hydrogen-bond donors (Lipinski definition) is 7. The largest absolute Gasteiger partial charge is 0.489 e. The van der Waals surface area contributed by atoms with Crippen LogP contribution >= 0.6 is 11.3 Å². The summed E-state index contributed by atoms with van der Waals surface area (Å²) in [4.78, 5) is 47.0. The lowest BCUT2D eigenvalue weighted by Crippen LogP contribution is -2.76. The number of oxime groups is 1. The number of nitrogens with two attached hydrogens (primary N) is 1. The van der Waals surface area contributed by atoms with Gasteiger partial charge >= 0.3 is 16.4 Å². The summed E-state index contributed by atoms with van der Waals surface area (Å²) in [6, 6.07) is 5.55. The number of ether oxygens (including phenoxy) is 1. The molecule has 0 bridgehead atoms. The monoisotopic (exact) mass is 755 g/mol. The molecular weight excluding hydrogens is 716 g/mol. The van der Waals surface area contributed by atoms with Gasteiger partial charge in [0.25, 0.3) is 17.9 Å². The van der Waals surface area contributed by atoms with Crippen LogP contribution in [0.15, 0.2) is 47.2 Å². The number of aromatic nitrogens is 3. The third kappa shape index (κ3) is 10.2. The van der Waals surface area contributed by atoms with Crippen LogP contribution < -0.4 is 25.8 Å². The van der Waals surface area contributed by atoms with Crippen molar-refractivity contribution in [3.63, 3.8) is 0 Å². The molecule has 1 fully saturated rings. The molecule has 51 heavy (non-hydrogen) atoms. The predicted molar refractivity (Wildman–Crippen MR) is 178 cm³/mol. The van der Waals surface area contributed by atoms with Gasteiger partial charge < -0.3 is 41.3 Å². The zero-order valence-electron chi connectivity index (χ0n) is 27.7. The van der Waals surface area contributed by atoms with E-state index in [1.165, 1.54) is 19.2 Å². The van der Waals surface area contributed by atoms with E-state index in [0.717, 1.165) is 28.9 Å². The summed E-state index contributed by atoms with van der Waals surface area (Å²) in [7, 11) is -3.12.